The van der Waals surface area contributed by atoms with E-state index in [4.69, 9.17) is 29.5 Å². The lowest BCUT2D eigenvalue weighted by atomic mass is 9.91. The average molecular weight is 897 g/mol. The molecule has 348 valence electrons. The van der Waals surface area contributed by atoms with Crippen LogP contribution in [0.15, 0.2) is 126 Å². The van der Waals surface area contributed by atoms with E-state index in [0.717, 1.165) is 41.2 Å². The van der Waals surface area contributed by atoms with Crippen molar-refractivity contribution in [2.24, 2.45) is 5.41 Å². The maximum Gasteiger partial charge on any atom is 0.379 e. The number of nitrogens with zero attached hydrogens (tertiary/aromatic N) is 2. The van der Waals surface area contributed by atoms with Crippen LogP contribution in [0.4, 0.5) is 0 Å². The molecule has 11 heteroatoms. The Balaban J connectivity index is 0.000000499. The van der Waals surface area contributed by atoms with Gasteiger partial charge in [0, 0.05) is 0 Å². The van der Waals surface area contributed by atoms with E-state index in [-0.39, 0.29) is 42.5 Å². The number of nitriles is 2. The normalized spacial score (nSPS) is 12.5. The number of rotatable bonds is 19. The third-order valence-electron chi connectivity index (χ3n) is 9.68. The molecule has 0 aliphatic carbocycles. The van der Waals surface area contributed by atoms with Crippen molar-refractivity contribution in [3.8, 4) is 12.1 Å². The van der Waals surface area contributed by atoms with Crippen LogP contribution >= 0.6 is 0 Å². The van der Waals surface area contributed by atoms with Gasteiger partial charge in [0.1, 0.15) is 36.5 Å². The summed E-state index contributed by atoms with van der Waals surface area (Å²) in [6.07, 6.45) is 17.9. The third kappa shape index (κ3) is 23.4. The number of benzene rings is 3. The van der Waals surface area contributed by atoms with E-state index in [9.17, 15) is 24.0 Å². The zero-order chi connectivity index (χ0) is 49.5. The van der Waals surface area contributed by atoms with Gasteiger partial charge in [-0.25, -0.2) is 14.4 Å². The molecule has 0 aromatic heterocycles. The zero-order valence-corrected chi connectivity index (χ0v) is 40.0. The van der Waals surface area contributed by atoms with E-state index >= 15 is 0 Å². The lowest BCUT2D eigenvalue weighted by Crippen LogP contribution is -2.27. The fourth-order valence-corrected chi connectivity index (χ4v) is 4.70. The fourth-order valence-electron chi connectivity index (χ4n) is 4.70. The van der Waals surface area contributed by atoms with Crippen molar-refractivity contribution < 1.29 is 42.9 Å². The molecule has 2 atom stereocenters. The lowest BCUT2D eigenvalue weighted by Gasteiger charge is -2.20. The van der Waals surface area contributed by atoms with Crippen molar-refractivity contribution in [3.63, 3.8) is 0 Å². The highest BCUT2D eigenvalue weighted by atomic mass is 16.6. The molecule has 3 aromatic carbocycles. The zero-order valence-electron chi connectivity index (χ0n) is 40.0. The summed E-state index contributed by atoms with van der Waals surface area (Å²) in [6, 6.07) is 27.4. The minimum absolute atomic E-state index is 0.00802. The molecule has 3 aromatic rings. The smallest absolute Gasteiger partial charge is 0.379 e. The van der Waals surface area contributed by atoms with E-state index in [1.165, 1.54) is 29.4 Å². The Morgan fingerprint density at radius 2 is 1.12 bits per heavy atom. The summed E-state index contributed by atoms with van der Waals surface area (Å²) >= 11 is 0. The molecule has 11 nitrogen and oxygen atoms in total. The first-order chi connectivity index (χ1) is 31.4. The first kappa shape index (κ1) is 56.6. The van der Waals surface area contributed by atoms with E-state index in [1.54, 1.807) is 45.9 Å². The summed E-state index contributed by atoms with van der Waals surface area (Å²) < 4.78 is 20.0. The van der Waals surface area contributed by atoms with Gasteiger partial charge < -0.3 is 18.9 Å². The summed E-state index contributed by atoms with van der Waals surface area (Å²) in [7, 11) is 0. The molecular formula is C55H64N2O9. The molecule has 0 saturated heterocycles. The van der Waals surface area contributed by atoms with Gasteiger partial charge >= 0.3 is 23.9 Å². The highest BCUT2D eigenvalue weighted by Crippen LogP contribution is 2.21. The Labute approximate surface area is 391 Å². The van der Waals surface area contributed by atoms with Gasteiger partial charge in [-0.05, 0) is 108 Å². The van der Waals surface area contributed by atoms with Crippen molar-refractivity contribution in [2.75, 3.05) is 13.2 Å². The van der Waals surface area contributed by atoms with Crippen LogP contribution in [-0.2, 0) is 42.9 Å². The predicted octanol–water partition coefficient (Wildman–Crippen LogP) is 11.3. The first-order valence-corrected chi connectivity index (χ1v) is 21.8. The van der Waals surface area contributed by atoms with Gasteiger partial charge in [-0.1, -0.05) is 147 Å². The molecule has 0 saturated carbocycles. The molecule has 0 amide bonds. The van der Waals surface area contributed by atoms with Gasteiger partial charge in [0.15, 0.2) is 0 Å². The van der Waals surface area contributed by atoms with Crippen LogP contribution in [0.5, 0.6) is 0 Å². The minimum atomic E-state index is -0.977. The summed E-state index contributed by atoms with van der Waals surface area (Å²) in [6.45, 7) is 18.7. The van der Waals surface area contributed by atoms with Crippen LogP contribution in [0.2, 0.25) is 0 Å². The third-order valence-corrected chi connectivity index (χ3v) is 9.68. The predicted molar refractivity (Wildman–Crippen MR) is 260 cm³/mol. The van der Waals surface area contributed by atoms with Crippen LogP contribution in [0.25, 0.3) is 18.2 Å². The van der Waals surface area contributed by atoms with Crippen LogP contribution in [-0.4, -0.2) is 55.1 Å². The van der Waals surface area contributed by atoms with Crippen molar-refractivity contribution in [1.29, 1.82) is 10.5 Å². The van der Waals surface area contributed by atoms with Gasteiger partial charge in [0.05, 0.1) is 17.6 Å². The number of hydrogen-bond donors (Lipinski definition) is 0. The molecule has 3 rings (SSSR count). The molecule has 0 bridgehead atoms. The molecule has 0 radical (unpaired) electrons. The van der Waals surface area contributed by atoms with E-state index in [2.05, 4.69) is 6.07 Å². The Kier molecular flexibility index (Phi) is 27.0. The Bertz CT molecular complexity index is 2320. The summed E-state index contributed by atoms with van der Waals surface area (Å²) in [4.78, 5) is 58.3. The number of ketones is 1. The van der Waals surface area contributed by atoms with Crippen LogP contribution in [0.1, 0.15) is 101 Å². The standard InChI is InChI=1S/C20H24O5.C18H21NO2.C17H19NO2/c1-4-20(2,3)19(23)25-15-14-24-18(22)17(21)13-9-8-12-16-10-6-5-7-11-16;1-5-15(4)21-18(20)17(12-19)8-6-7-16-11-13(2)9-10-14(16)3;1-4-14(3)20-17(19)16(12-18)7-5-6-15-10-8-13(2)9-11-15/h5-13H,4,14-15H2,1-3H3;6-11,15H,5H2,1-4H3;5-11,14H,4H2,1-3H3/b12-8+,13-9+;7-6+,17-8+;6-5+,16-7+. The second-order valence-corrected chi connectivity index (χ2v) is 15.6. The van der Waals surface area contributed by atoms with Gasteiger partial charge in [-0.2, -0.15) is 10.5 Å². The number of hydrogen-bond acceptors (Lipinski definition) is 11. The molecule has 0 aliphatic rings. The molecule has 66 heavy (non-hydrogen) atoms. The van der Waals surface area contributed by atoms with Gasteiger partial charge in [0.2, 0.25) is 0 Å². The Morgan fingerprint density at radius 1 is 0.621 bits per heavy atom. The summed E-state index contributed by atoms with van der Waals surface area (Å²) in [5.41, 5.74) is 6.01. The molecule has 0 spiro atoms. The maximum absolute atomic E-state index is 11.8. The average Bonchev–Trinajstić information content (AvgIpc) is 3.31. The number of ether oxygens (including phenoxy) is 4. The molecule has 0 aliphatic heterocycles. The van der Waals surface area contributed by atoms with Gasteiger partial charge in [-0.3, -0.25) is 9.59 Å². The number of allylic oxidation sites excluding steroid dienone is 6. The number of carbonyl (C=O) groups excluding carboxylic acids is 5. The fraction of sp³-hybridized carbons (Fsp3) is 0.327. The Morgan fingerprint density at radius 3 is 1.65 bits per heavy atom. The van der Waals surface area contributed by atoms with E-state index in [0.29, 0.717) is 6.42 Å². The summed E-state index contributed by atoms with van der Waals surface area (Å²) in [5, 5.41) is 18.0. The molecule has 0 N–H and O–H groups in total. The van der Waals surface area contributed by atoms with Crippen molar-refractivity contribution >= 4 is 47.9 Å². The monoisotopic (exact) mass is 896 g/mol. The maximum atomic E-state index is 11.8. The van der Waals surface area contributed by atoms with Crippen molar-refractivity contribution in [1.82, 2.24) is 0 Å². The van der Waals surface area contributed by atoms with Crippen LogP contribution in [0.3, 0.4) is 0 Å². The quantitative estimate of drug-likeness (QED) is 0.0213. The first-order valence-electron chi connectivity index (χ1n) is 21.8. The lowest BCUT2D eigenvalue weighted by molar-refractivity contribution is -0.160. The SMILES string of the molecule is CCC(C)(C)C(=O)OCCOC(=O)C(=O)/C=C/C=C/c1ccccc1.CCC(C)OC(=O)/C(C#N)=C/C=C/c1cc(C)ccc1C.CCC(C)OC(=O)/C(C#N)=C/C=C/c1ccc(C)cc1. The number of aryl methyl sites for hydroxylation is 3. The summed E-state index contributed by atoms with van der Waals surface area (Å²) in [5.74, 6) is -3.25. The highest BCUT2D eigenvalue weighted by molar-refractivity contribution is 6.38. The molecular weight excluding hydrogens is 833 g/mol. The van der Waals surface area contributed by atoms with E-state index in [1.807, 2.05) is 139 Å². The minimum Gasteiger partial charge on any atom is -0.462 e. The molecule has 0 fully saturated rings. The van der Waals surface area contributed by atoms with Gasteiger partial charge in [0.25, 0.3) is 5.78 Å². The molecule has 0 heterocycles. The second kappa shape index (κ2) is 31.5. The van der Waals surface area contributed by atoms with Crippen molar-refractivity contribution in [2.45, 2.75) is 101 Å². The van der Waals surface area contributed by atoms with Crippen LogP contribution < -0.4 is 0 Å². The number of carbonyl (C=O) groups is 5. The van der Waals surface area contributed by atoms with Crippen molar-refractivity contribution in [3.05, 3.63) is 160 Å². The van der Waals surface area contributed by atoms with Crippen LogP contribution in [0, 0.1) is 48.8 Å². The second-order valence-electron chi connectivity index (χ2n) is 15.6. The largest absolute Gasteiger partial charge is 0.462 e. The number of esters is 4. The van der Waals surface area contributed by atoms with Gasteiger partial charge in [-0.15, -0.1) is 0 Å². The van der Waals surface area contributed by atoms with E-state index < -0.39 is 29.1 Å². The Hall–Kier alpha value is -7.37. The molecule has 2 unspecified atom stereocenters. The topological polar surface area (TPSA) is 170 Å². The highest BCUT2D eigenvalue weighted by Gasteiger charge is 2.27.